The zero-order chi connectivity index (χ0) is 37.1. The number of hydrogen-bond donors (Lipinski definition) is 1. The lowest BCUT2D eigenvalue weighted by atomic mass is 9.92. The average Bonchev–Trinajstić information content (AvgIpc) is 3.70. The zero-order valence-corrected chi connectivity index (χ0v) is 30.8. The molecular weight excluding hydrogens is 656 g/mol. The number of nitrogens with one attached hydrogen (secondary N) is 1. The molecule has 0 aromatic carbocycles. The van der Waals surface area contributed by atoms with Crippen molar-refractivity contribution in [1.29, 1.82) is 0 Å². The van der Waals surface area contributed by atoms with Crippen molar-refractivity contribution in [3.8, 4) is 0 Å². The maximum Gasteiger partial charge on any atom is 0.306 e. The summed E-state index contributed by atoms with van der Waals surface area (Å²) in [6, 6.07) is 0. The number of allylic oxidation sites excluding steroid dienone is 2. The minimum absolute atomic E-state index is 0.0421. The van der Waals surface area contributed by atoms with E-state index in [1.54, 1.807) is 12.2 Å². The molecule has 1 N–H and O–H groups in total. The molecule has 1 aliphatic carbocycles. The number of H-pyrrole nitrogens is 1. The van der Waals surface area contributed by atoms with Crippen LogP contribution in [0.3, 0.4) is 0 Å². The summed E-state index contributed by atoms with van der Waals surface area (Å²) >= 11 is 0. The molecule has 4 aliphatic rings. The fourth-order valence-electron chi connectivity index (χ4n) is 8.06. The van der Waals surface area contributed by atoms with E-state index in [1.165, 1.54) is 0 Å². The van der Waals surface area contributed by atoms with Crippen molar-refractivity contribution in [3.05, 3.63) is 97.6 Å². The minimum Gasteiger partial charge on any atom is -0.461 e. The molecule has 52 heavy (non-hydrogen) atoms. The Morgan fingerprint density at radius 2 is 1.60 bits per heavy atom. The Morgan fingerprint density at radius 3 is 2.25 bits per heavy atom. The van der Waals surface area contributed by atoms with Gasteiger partial charge in [-0.3, -0.25) is 19.2 Å². The normalized spacial score (nSPS) is 17.7. The molecule has 0 radical (unpaired) electrons. The minimum atomic E-state index is -0.308. The first-order chi connectivity index (χ1) is 25.1. The number of ether oxygens (including phenoxy) is 2. The van der Waals surface area contributed by atoms with E-state index in [-0.39, 0.29) is 49.8 Å². The van der Waals surface area contributed by atoms with Gasteiger partial charge in [-0.15, -0.1) is 0 Å². The first kappa shape index (κ1) is 36.5. The van der Waals surface area contributed by atoms with Crippen molar-refractivity contribution in [2.24, 2.45) is 4.99 Å². The van der Waals surface area contributed by atoms with Gasteiger partial charge in [0.05, 0.1) is 5.71 Å². The quantitative estimate of drug-likeness (QED) is 0.231. The molecule has 2 amide bonds. The van der Waals surface area contributed by atoms with Crippen molar-refractivity contribution >= 4 is 47.7 Å². The van der Waals surface area contributed by atoms with Gasteiger partial charge >= 0.3 is 11.9 Å². The van der Waals surface area contributed by atoms with Crippen LogP contribution in [-0.2, 0) is 54.5 Å². The van der Waals surface area contributed by atoms with Crippen LogP contribution in [0.4, 0.5) is 0 Å². The highest BCUT2D eigenvalue weighted by Gasteiger charge is 2.34. The van der Waals surface area contributed by atoms with E-state index in [0.29, 0.717) is 38.1 Å². The second-order valence-corrected chi connectivity index (χ2v) is 13.6. The van der Waals surface area contributed by atoms with Gasteiger partial charge in [-0.1, -0.05) is 39.2 Å². The van der Waals surface area contributed by atoms with Crippen LogP contribution in [0.5, 0.6) is 0 Å². The summed E-state index contributed by atoms with van der Waals surface area (Å²) in [5.74, 6) is -0.733. The summed E-state index contributed by atoms with van der Waals surface area (Å²) in [6.07, 6.45) is 14.4. The number of amides is 2. The Bertz CT molecular complexity index is 2130. The second-order valence-electron chi connectivity index (χ2n) is 13.6. The molecule has 272 valence electrons. The van der Waals surface area contributed by atoms with Gasteiger partial charge in [0.25, 0.3) is 11.8 Å². The first-order valence-electron chi connectivity index (χ1n) is 18.4. The van der Waals surface area contributed by atoms with Gasteiger partial charge in [0.2, 0.25) is 0 Å². The van der Waals surface area contributed by atoms with E-state index < -0.39 is 0 Å². The van der Waals surface area contributed by atoms with Crippen molar-refractivity contribution < 1.29 is 28.7 Å². The van der Waals surface area contributed by atoms with Crippen LogP contribution in [0.2, 0.25) is 0 Å². The van der Waals surface area contributed by atoms with E-state index in [0.717, 1.165) is 98.0 Å². The van der Waals surface area contributed by atoms with Gasteiger partial charge in [0, 0.05) is 64.9 Å². The summed E-state index contributed by atoms with van der Waals surface area (Å²) in [7, 11) is 0. The Labute approximate surface area is 304 Å². The predicted octanol–water partition coefficient (Wildman–Crippen LogP) is 5.00. The number of fused-ring (bicyclic) bond motifs is 4. The van der Waals surface area contributed by atoms with Crippen LogP contribution in [0, 0.1) is 6.92 Å². The molecule has 0 atom stereocenters. The molecular formula is C42H48N4O6. The SMILES string of the molecule is C=CCOC(=O)CCc1c(C)c2n(c1/C=c1\[nH]/c3c(c1CCC(=O)OCC=C)CCCC1=C(CC)C(=O)N=C1\C=3)CCN1C(=O)C(C)=C(CC)C1=C2. The maximum absolute atomic E-state index is 13.3. The lowest BCUT2D eigenvalue weighted by Gasteiger charge is -2.18. The van der Waals surface area contributed by atoms with E-state index in [2.05, 4.69) is 53.7 Å². The number of aliphatic imine (C=N–C) groups is 1. The monoisotopic (exact) mass is 704 g/mol. The fraction of sp³-hybridized carbons (Fsp3) is 0.405. The van der Waals surface area contributed by atoms with E-state index in [1.807, 2.05) is 24.8 Å². The number of nitrogens with zero attached hydrogens (tertiary/aromatic N) is 3. The largest absolute Gasteiger partial charge is 0.461 e. The third kappa shape index (κ3) is 6.86. The van der Waals surface area contributed by atoms with Crippen LogP contribution >= 0.6 is 0 Å². The summed E-state index contributed by atoms with van der Waals surface area (Å²) in [5, 5.41) is 1.72. The van der Waals surface area contributed by atoms with Gasteiger partial charge in [0.15, 0.2) is 0 Å². The summed E-state index contributed by atoms with van der Waals surface area (Å²) in [5.41, 5.74) is 11.4. The molecule has 0 saturated carbocycles. The topological polar surface area (TPSA) is 123 Å². The highest BCUT2D eigenvalue weighted by molar-refractivity contribution is 6.31. The highest BCUT2D eigenvalue weighted by Crippen LogP contribution is 2.37. The van der Waals surface area contributed by atoms with Crippen molar-refractivity contribution in [2.45, 2.75) is 92.0 Å². The smallest absolute Gasteiger partial charge is 0.306 e. The molecule has 3 aliphatic heterocycles. The molecule has 0 fully saturated rings. The van der Waals surface area contributed by atoms with E-state index in [9.17, 15) is 19.2 Å². The standard InChI is InChI=1S/C42H48N4O6/c1-7-20-51-39(47)16-14-29-25(5)36-24-38-27(9-3)26(6)42(50)46(38)19-18-45(36)37(29)23-35-32(15-17-40(48)52-21-8-2)31-13-11-12-30-28(10-4)41(49)44-34(30)22-33(31)43-35/h7-8,22-24,43H,1-2,9-21H2,3-6H3/b33-22+,35-23-. The molecule has 0 bridgehead atoms. The molecule has 0 spiro atoms. The molecule has 0 saturated heterocycles. The number of carbonyl (C=O) groups is 4. The fourth-order valence-corrected chi connectivity index (χ4v) is 8.06. The van der Waals surface area contributed by atoms with Crippen molar-refractivity contribution in [3.63, 3.8) is 0 Å². The lowest BCUT2D eigenvalue weighted by Crippen LogP contribution is -2.28. The van der Waals surface area contributed by atoms with Gasteiger partial charge in [-0.2, -0.15) is 0 Å². The Hall–Kier alpha value is -5.25. The van der Waals surface area contributed by atoms with Crippen molar-refractivity contribution in [1.82, 2.24) is 14.5 Å². The number of carbonyl (C=O) groups excluding carboxylic acids is 4. The Morgan fingerprint density at radius 1 is 0.923 bits per heavy atom. The molecule has 6 rings (SSSR count). The molecule has 5 heterocycles. The van der Waals surface area contributed by atoms with Crippen LogP contribution in [0.1, 0.15) is 92.9 Å². The van der Waals surface area contributed by atoms with E-state index >= 15 is 0 Å². The Balaban J connectivity index is 1.55. The number of aromatic nitrogens is 2. The van der Waals surface area contributed by atoms with Gasteiger partial charge in [-0.05, 0) is 110 Å². The highest BCUT2D eigenvalue weighted by atomic mass is 16.5. The lowest BCUT2D eigenvalue weighted by molar-refractivity contribution is -0.143. The summed E-state index contributed by atoms with van der Waals surface area (Å²) < 4.78 is 12.9. The molecule has 10 nitrogen and oxygen atoms in total. The molecule has 0 unspecified atom stereocenters. The number of esters is 2. The third-order valence-corrected chi connectivity index (χ3v) is 10.6. The zero-order valence-electron chi connectivity index (χ0n) is 30.8. The molecule has 2 aromatic rings. The summed E-state index contributed by atoms with van der Waals surface area (Å²) in [6.45, 7) is 16.7. The van der Waals surface area contributed by atoms with Crippen LogP contribution in [0.15, 0.2) is 58.3 Å². The molecule has 2 aromatic heterocycles. The summed E-state index contributed by atoms with van der Waals surface area (Å²) in [4.78, 5) is 61.6. The van der Waals surface area contributed by atoms with Crippen LogP contribution in [-0.4, -0.2) is 63.7 Å². The van der Waals surface area contributed by atoms with Gasteiger partial charge < -0.3 is 23.9 Å². The first-order valence-corrected chi connectivity index (χ1v) is 18.4. The predicted molar refractivity (Wildman–Crippen MR) is 202 cm³/mol. The average molecular weight is 705 g/mol. The van der Waals surface area contributed by atoms with Crippen LogP contribution in [0.25, 0.3) is 18.2 Å². The number of aromatic amines is 1. The molecule has 10 heteroatoms. The second kappa shape index (κ2) is 15.6. The van der Waals surface area contributed by atoms with Crippen LogP contribution < -0.4 is 10.7 Å². The van der Waals surface area contributed by atoms with Gasteiger partial charge in [0.1, 0.15) is 13.2 Å². The van der Waals surface area contributed by atoms with E-state index in [4.69, 9.17) is 9.47 Å². The number of rotatable bonds is 13. The van der Waals surface area contributed by atoms with Crippen molar-refractivity contribution in [2.75, 3.05) is 19.8 Å². The Kier molecular flexibility index (Phi) is 10.9. The van der Waals surface area contributed by atoms with Gasteiger partial charge in [-0.25, -0.2) is 4.99 Å². The number of hydrogen-bond acceptors (Lipinski definition) is 6. The third-order valence-electron chi connectivity index (χ3n) is 10.6. The maximum atomic E-state index is 13.3.